The van der Waals surface area contributed by atoms with Gasteiger partial charge in [0.25, 0.3) is 0 Å². The van der Waals surface area contributed by atoms with E-state index in [2.05, 4.69) is 19.9 Å². The minimum absolute atomic E-state index is 0.177. The normalized spacial score (nSPS) is 24.6. The Labute approximate surface area is 125 Å². The van der Waals surface area contributed by atoms with Crippen molar-refractivity contribution in [1.29, 1.82) is 0 Å². The van der Waals surface area contributed by atoms with Gasteiger partial charge >= 0.3 is 0 Å². The fourth-order valence-electron chi connectivity index (χ4n) is 2.28. The Morgan fingerprint density at radius 3 is 2.95 bits per heavy atom. The van der Waals surface area contributed by atoms with Gasteiger partial charge in [0.05, 0.1) is 6.10 Å². The Kier molecular flexibility index (Phi) is 5.58. The van der Waals surface area contributed by atoms with Crippen molar-refractivity contribution in [2.45, 2.75) is 55.4 Å². The summed E-state index contributed by atoms with van der Waals surface area (Å²) in [7, 11) is 0. The van der Waals surface area contributed by atoms with Gasteiger partial charge in [-0.3, -0.25) is 0 Å². The van der Waals surface area contributed by atoms with Gasteiger partial charge in [-0.25, -0.2) is 0 Å². The summed E-state index contributed by atoms with van der Waals surface area (Å²) in [4.78, 5) is 1.26. The Bertz CT molecular complexity index is 427. The van der Waals surface area contributed by atoms with E-state index in [1.807, 2.05) is 23.9 Å². The van der Waals surface area contributed by atoms with Crippen molar-refractivity contribution in [2.75, 3.05) is 6.61 Å². The first-order valence-electron chi connectivity index (χ1n) is 6.93. The zero-order valence-electron chi connectivity index (χ0n) is 11.6. The number of hydrogen-bond acceptors (Lipinski definition) is 3. The van der Waals surface area contributed by atoms with Gasteiger partial charge in [-0.2, -0.15) is 0 Å². The van der Waals surface area contributed by atoms with Gasteiger partial charge in [-0.15, -0.1) is 11.8 Å². The third kappa shape index (κ3) is 3.88. The molecule has 1 aromatic carbocycles. The zero-order valence-corrected chi connectivity index (χ0v) is 13.1. The molecule has 1 fully saturated rings. The van der Waals surface area contributed by atoms with Crippen LogP contribution in [0.1, 0.15) is 32.3 Å². The molecule has 0 bridgehead atoms. The van der Waals surface area contributed by atoms with Gasteiger partial charge in [0.15, 0.2) is 0 Å². The third-order valence-electron chi connectivity index (χ3n) is 3.65. The van der Waals surface area contributed by atoms with Crippen molar-refractivity contribution in [1.82, 2.24) is 0 Å². The van der Waals surface area contributed by atoms with Crippen molar-refractivity contribution < 1.29 is 4.74 Å². The largest absolute Gasteiger partial charge is 0.377 e. The van der Waals surface area contributed by atoms with Crippen molar-refractivity contribution in [3.8, 4) is 0 Å². The first-order valence-corrected chi connectivity index (χ1v) is 8.18. The Hall–Kier alpha value is -0.220. The monoisotopic (exact) mass is 299 g/mol. The Balaban J connectivity index is 2.16. The van der Waals surface area contributed by atoms with E-state index in [0.717, 1.165) is 30.9 Å². The minimum atomic E-state index is 0.177. The second kappa shape index (κ2) is 6.98. The molecule has 0 spiro atoms. The first kappa shape index (κ1) is 15.2. The van der Waals surface area contributed by atoms with Gasteiger partial charge < -0.3 is 10.5 Å². The van der Waals surface area contributed by atoms with Crippen molar-refractivity contribution in [3.05, 3.63) is 28.8 Å². The van der Waals surface area contributed by atoms with Gasteiger partial charge in [-0.05, 0) is 43.9 Å². The van der Waals surface area contributed by atoms with Gasteiger partial charge in [0, 0.05) is 27.8 Å². The number of hydrogen-bond donors (Lipinski definition) is 1. The van der Waals surface area contributed by atoms with E-state index in [1.165, 1.54) is 10.5 Å². The zero-order chi connectivity index (χ0) is 13.8. The number of halogens is 1. The number of benzene rings is 1. The van der Waals surface area contributed by atoms with Crippen LogP contribution in [0.4, 0.5) is 0 Å². The predicted molar refractivity (Wildman–Crippen MR) is 83.1 cm³/mol. The lowest BCUT2D eigenvalue weighted by Crippen LogP contribution is -2.22. The lowest BCUT2D eigenvalue weighted by molar-refractivity contribution is 0.127. The molecule has 3 unspecified atom stereocenters. The highest BCUT2D eigenvalue weighted by atomic mass is 35.5. The molecule has 0 aromatic heterocycles. The molecule has 0 radical (unpaired) electrons. The molecule has 1 aromatic rings. The molecule has 2 nitrogen and oxygen atoms in total. The maximum atomic E-state index is 6.35. The molecule has 0 saturated carbocycles. The molecule has 3 atom stereocenters. The molecule has 19 heavy (non-hydrogen) atoms. The van der Waals surface area contributed by atoms with Crippen LogP contribution in [-0.2, 0) is 11.2 Å². The molecule has 1 aliphatic heterocycles. The highest BCUT2D eigenvalue weighted by Gasteiger charge is 2.26. The van der Waals surface area contributed by atoms with Crippen LogP contribution >= 0.6 is 23.4 Å². The minimum Gasteiger partial charge on any atom is -0.377 e. The Morgan fingerprint density at radius 2 is 2.32 bits per heavy atom. The van der Waals surface area contributed by atoms with Gasteiger partial charge in [0.1, 0.15) is 0 Å². The molecular weight excluding hydrogens is 278 g/mol. The lowest BCUT2D eigenvalue weighted by atomic mass is 10.0. The summed E-state index contributed by atoms with van der Waals surface area (Å²) in [5.74, 6) is 0. The third-order valence-corrected chi connectivity index (χ3v) is 5.56. The number of rotatable bonds is 5. The van der Waals surface area contributed by atoms with E-state index in [0.29, 0.717) is 11.4 Å². The van der Waals surface area contributed by atoms with E-state index in [1.54, 1.807) is 0 Å². The summed E-state index contributed by atoms with van der Waals surface area (Å²) in [5.41, 5.74) is 7.28. The van der Waals surface area contributed by atoms with Gasteiger partial charge in [-0.1, -0.05) is 24.6 Å². The van der Waals surface area contributed by atoms with E-state index in [-0.39, 0.29) is 6.04 Å². The SMILES string of the molecule is CCC(N)Cc1c(Cl)cccc1SC1CCOC1C. The standard InChI is InChI=1S/C15H22ClNOS/c1-3-11(17)9-12-13(16)5-4-6-15(12)19-14-7-8-18-10(14)2/h4-6,10-11,14H,3,7-9,17H2,1-2H3. The highest BCUT2D eigenvalue weighted by molar-refractivity contribution is 8.00. The molecule has 1 heterocycles. The van der Waals surface area contributed by atoms with Crippen molar-refractivity contribution >= 4 is 23.4 Å². The van der Waals surface area contributed by atoms with Crippen molar-refractivity contribution in [3.63, 3.8) is 0 Å². The van der Waals surface area contributed by atoms with Crippen LogP contribution in [-0.4, -0.2) is 24.0 Å². The van der Waals surface area contributed by atoms with Crippen molar-refractivity contribution in [2.24, 2.45) is 5.73 Å². The summed E-state index contributed by atoms with van der Waals surface area (Å²) >= 11 is 8.24. The van der Waals surface area contributed by atoms with Crippen LogP contribution in [0.25, 0.3) is 0 Å². The molecule has 4 heteroatoms. The topological polar surface area (TPSA) is 35.2 Å². The average Bonchev–Trinajstić information content (AvgIpc) is 2.79. The molecule has 106 valence electrons. The lowest BCUT2D eigenvalue weighted by Gasteiger charge is -2.18. The van der Waals surface area contributed by atoms with E-state index in [4.69, 9.17) is 22.1 Å². The van der Waals surface area contributed by atoms with Crippen LogP contribution in [0, 0.1) is 0 Å². The Morgan fingerprint density at radius 1 is 1.53 bits per heavy atom. The number of ether oxygens (including phenoxy) is 1. The summed E-state index contributed by atoms with van der Waals surface area (Å²) in [6, 6.07) is 6.31. The average molecular weight is 300 g/mol. The van der Waals surface area contributed by atoms with E-state index in [9.17, 15) is 0 Å². The molecule has 1 saturated heterocycles. The molecule has 0 aliphatic carbocycles. The van der Waals surface area contributed by atoms with Crippen LogP contribution < -0.4 is 5.73 Å². The predicted octanol–water partition coefficient (Wildman–Crippen LogP) is 3.89. The number of thioether (sulfide) groups is 1. The molecule has 2 N–H and O–H groups in total. The summed E-state index contributed by atoms with van der Waals surface area (Å²) in [6.07, 6.45) is 3.24. The van der Waals surface area contributed by atoms with Crippen LogP contribution in [0.15, 0.2) is 23.1 Å². The maximum Gasteiger partial charge on any atom is 0.0669 e. The maximum absolute atomic E-state index is 6.35. The fourth-order valence-corrected chi connectivity index (χ4v) is 3.89. The smallest absolute Gasteiger partial charge is 0.0669 e. The molecule has 1 aliphatic rings. The quantitative estimate of drug-likeness (QED) is 0.896. The summed E-state index contributed by atoms with van der Waals surface area (Å²) in [5, 5.41) is 1.36. The summed E-state index contributed by atoms with van der Waals surface area (Å²) in [6.45, 7) is 5.12. The van der Waals surface area contributed by atoms with E-state index >= 15 is 0 Å². The first-order chi connectivity index (χ1) is 9.11. The molecular formula is C15H22ClNOS. The molecule has 2 rings (SSSR count). The second-order valence-corrected chi connectivity index (χ2v) is 6.80. The van der Waals surface area contributed by atoms with Crippen LogP contribution in [0.2, 0.25) is 5.02 Å². The summed E-state index contributed by atoms with van der Waals surface area (Å²) < 4.78 is 5.63. The fraction of sp³-hybridized carbons (Fsp3) is 0.600. The number of nitrogens with two attached hydrogens (primary N) is 1. The van der Waals surface area contributed by atoms with E-state index < -0.39 is 0 Å². The molecule has 0 amide bonds. The van der Waals surface area contributed by atoms with Crippen LogP contribution in [0.3, 0.4) is 0 Å². The van der Waals surface area contributed by atoms with Gasteiger partial charge in [0.2, 0.25) is 0 Å². The highest BCUT2D eigenvalue weighted by Crippen LogP contribution is 2.37. The van der Waals surface area contributed by atoms with Crippen LogP contribution in [0.5, 0.6) is 0 Å². The second-order valence-electron chi connectivity index (χ2n) is 5.11.